The van der Waals surface area contributed by atoms with Crippen molar-refractivity contribution in [3.05, 3.63) is 82.6 Å². The third-order valence-electron chi connectivity index (χ3n) is 5.47. The van der Waals surface area contributed by atoms with E-state index in [1.165, 1.54) is 31.4 Å². The van der Waals surface area contributed by atoms with Crippen molar-refractivity contribution in [1.29, 1.82) is 0 Å². The maximum atomic E-state index is 13.2. The molecule has 8 heteroatoms. The Morgan fingerprint density at radius 3 is 2.61 bits per heavy atom. The summed E-state index contributed by atoms with van der Waals surface area (Å²) in [7, 11) is 1.53. The van der Waals surface area contributed by atoms with Gasteiger partial charge in [0.15, 0.2) is 0 Å². The van der Waals surface area contributed by atoms with Crippen LogP contribution < -0.4 is 20.3 Å². The summed E-state index contributed by atoms with van der Waals surface area (Å²) in [6.45, 7) is 0.848. The maximum Gasteiger partial charge on any atom is 0.255 e. The van der Waals surface area contributed by atoms with Gasteiger partial charge in [-0.25, -0.2) is 4.39 Å². The van der Waals surface area contributed by atoms with Gasteiger partial charge in [0.1, 0.15) is 11.6 Å². The van der Waals surface area contributed by atoms with Gasteiger partial charge >= 0.3 is 0 Å². The zero-order chi connectivity index (χ0) is 23.4. The van der Waals surface area contributed by atoms with Gasteiger partial charge in [-0.3, -0.25) is 9.59 Å². The summed E-state index contributed by atoms with van der Waals surface area (Å²) in [6, 6.07) is 16.1. The summed E-state index contributed by atoms with van der Waals surface area (Å²) in [5.41, 5.74) is 3.42. The van der Waals surface area contributed by atoms with E-state index in [0.29, 0.717) is 34.3 Å². The molecule has 0 unspecified atom stereocenters. The minimum atomic E-state index is -0.395. The number of amides is 2. The molecule has 0 radical (unpaired) electrons. The lowest BCUT2D eigenvalue weighted by Gasteiger charge is -2.32. The molecule has 33 heavy (non-hydrogen) atoms. The van der Waals surface area contributed by atoms with Crippen LogP contribution in [0.5, 0.6) is 5.75 Å². The zero-order valence-electron chi connectivity index (χ0n) is 18.0. The van der Waals surface area contributed by atoms with Crippen molar-refractivity contribution in [3.63, 3.8) is 0 Å². The quantitative estimate of drug-likeness (QED) is 0.527. The van der Waals surface area contributed by atoms with Crippen LogP contribution in [0.2, 0.25) is 5.02 Å². The van der Waals surface area contributed by atoms with Crippen LogP contribution in [-0.2, 0) is 11.2 Å². The first-order valence-corrected chi connectivity index (χ1v) is 10.9. The Bertz CT molecular complexity index is 1180. The fourth-order valence-electron chi connectivity index (χ4n) is 3.92. The zero-order valence-corrected chi connectivity index (χ0v) is 18.8. The molecule has 0 spiro atoms. The van der Waals surface area contributed by atoms with E-state index in [0.717, 1.165) is 24.1 Å². The van der Waals surface area contributed by atoms with Crippen LogP contribution in [0.1, 0.15) is 22.3 Å². The van der Waals surface area contributed by atoms with E-state index in [2.05, 4.69) is 10.6 Å². The van der Waals surface area contributed by atoms with Crippen LogP contribution in [0.15, 0.2) is 60.7 Å². The molecule has 0 saturated carbocycles. The molecule has 170 valence electrons. The molecule has 0 atom stereocenters. The van der Waals surface area contributed by atoms with Gasteiger partial charge in [-0.1, -0.05) is 17.7 Å². The van der Waals surface area contributed by atoms with Gasteiger partial charge in [0.25, 0.3) is 5.91 Å². The van der Waals surface area contributed by atoms with Crippen molar-refractivity contribution in [2.45, 2.75) is 12.8 Å². The summed E-state index contributed by atoms with van der Waals surface area (Å²) < 4.78 is 18.5. The van der Waals surface area contributed by atoms with E-state index in [1.54, 1.807) is 18.2 Å². The van der Waals surface area contributed by atoms with E-state index in [1.807, 2.05) is 23.1 Å². The van der Waals surface area contributed by atoms with Gasteiger partial charge in [0, 0.05) is 28.5 Å². The van der Waals surface area contributed by atoms with Gasteiger partial charge in [-0.2, -0.15) is 0 Å². The second-order valence-corrected chi connectivity index (χ2v) is 8.12. The monoisotopic (exact) mass is 467 g/mol. The van der Waals surface area contributed by atoms with Crippen molar-refractivity contribution in [3.8, 4) is 5.75 Å². The maximum absolute atomic E-state index is 13.2. The molecule has 1 aliphatic heterocycles. The first-order chi connectivity index (χ1) is 15.9. The van der Waals surface area contributed by atoms with Gasteiger partial charge in [-0.05, 0) is 73.0 Å². The number of benzene rings is 3. The number of methoxy groups -OCH3 is 1. The number of rotatable bonds is 6. The number of nitrogens with one attached hydrogen (secondary N) is 2. The molecule has 2 N–H and O–H groups in total. The lowest BCUT2D eigenvalue weighted by Crippen LogP contribution is -2.37. The number of anilines is 3. The molecule has 0 fully saturated rings. The van der Waals surface area contributed by atoms with Gasteiger partial charge in [0.05, 0.1) is 19.3 Å². The molecule has 3 aromatic carbocycles. The van der Waals surface area contributed by atoms with Crippen molar-refractivity contribution < 1.29 is 18.7 Å². The van der Waals surface area contributed by atoms with Crippen LogP contribution in [0, 0.1) is 5.82 Å². The van der Waals surface area contributed by atoms with Crippen LogP contribution in [0.4, 0.5) is 21.5 Å². The molecule has 0 aromatic heterocycles. The number of halogens is 2. The Morgan fingerprint density at radius 2 is 1.85 bits per heavy atom. The van der Waals surface area contributed by atoms with Crippen LogP contribution >= 0.6 is 11.6 Å². The predicted octanol–water partition coefficient (Wildman–Crippen LogP) is 5.13. The Balaban J connectivity index is 1.50. The predicted molar refractivity (Wildman–Crippen MR) is 128 cm³/mol. The van der Waals surface area contributed by atoms with E-state index in [4.69, 9.17) is 16.3 Å². The average Bonchev–Trinajstić information content (AvgIpc) is 2.80. The summed E-state index contributed by atoms with van der Waals surface area (Å²) in [5, 5.41) is 6.28. The molecule has 4 rings (SSSR count). The van der Waals surface area contributed by atoms with Gasteiger partial charge in [0.2, 0.25) is 5.91 Å². The normalized spacial score (nSPS) is 12.6. The van der Waals surface area contributed by atoms with Gasteiger partial charge in [-0.15, -0.1) is 0 Å². The third kappa shape index (κ3) is 5.26. The van der Waals surface area contributed by atoms with E-state index in [-0.39, 0.29) is 18.4 Å². The fourth-order valence-corrected chi connectivity index (χ4v) is 4.09. The molecule has 2 amide bonds. The molecule has 0 bridgehead atoms. The first-order valence-electron chi connectivity index (χ1n) is 10.5. The second-order valence-electron chi connectivity index (χ2n) is 7.68. The number of hydrogen-bond donors (Lipinski definition) is 2. The molecular weight excluding hydrogens is 445 g/mol. The first kappa shape index (κ1) is 22.6. The van der Waals surface area contributed by atoms with Crippen LogP contribution in [0.3, 0.4) is 0 Å². The molecule has 1 heterocycles. The smallest absolute Gasteiger partial charge is 0.255 e. The van der Waals surface area contributed by atoms with Crippen molar-refractivity contribution in [2.75, 3.05) is 35.7 Å². The molecule has 6 nitrogen and oxygen atoms in total. The van der Waals surface area contributed by atoms with E-state index in [9.17, 15) is 14.0 Å². The Hall–Kier alpha value is -3.58. The number of carbonyl (C=O) groups excluding carboxylic acids is 2. The van der Waals surface area contributed by atoms with Crippen molar-refractivity contribution in [2.24, 2.45) is 0 Å². The topological polar surface area (TPSA) is 70.7 Å². The molecule has 3 aromatic rings. The second kappa shape index (κ2) is 9.92. The van der Waals surface area contributed by atoms with Crippen LogP contribution in [0.25, 0.3) is 0 Å². The van der Waals surface area contributed by atoms with Crippen LogP contribution in [-0.4, -0.2) is 32.0 Å². The number of hydrogen-bond acceptors (Lipinski definition) is 4. The average molecular weight is 468 g/mol. The number of carbonyl (C=O) groups is 2. The largest absolute Gasteiger partial charge is 0.495 e. The third-order valence-corrected chi connectivity index (χ3v) is 5.71. The number of nitrogens with zero attached hydrogens (tertiary/aromatic N) is 1. The SMILES string of the molecule is COc1ccc(Cl)cc1NC(=O)CN1CCCc2c(NC(=O)c3ccc(F)cc3)cccc21. The fraction of sp³-hybridized carbons (Fsp3) is 0.200. The number of ether oxygens (including phenoxy) is 1. The minimum Gasteiger partial charge on any atom is -0.495 e. The Labute approximate surface area is 196 Å². The summed E-state index contributed by atoms with van der Waals surface area (Å²) in [4.78, 5) is 27.4. The highest BCUT2D eigenvalue weighted by Crippen LogP contribution is 2.33. The summed E-state index contributed by atoms with van der Waals surface area (Å²) >= 11 is 6.06. The molecule has 0 aliphatic carbocycles. The molecule has 0 saturated heterocycles. The van der Waals surface area contributed by atoms with Crippen molar-refractivity contribution in [1.82, 2.24) is 0 Å². The number of fused-ring (bicyclic) bond motifs is 1. The highest BCUT2D eigenvalue weighted by Gasteiger charge is 2.22. The lowest BCUT2D eigenvalue weighted by atomic mass is 9.99. The standard InChI is InChI=1S/C25H23ClFN3O3/c1-33-23-12-9-17(26)14-21(23)28-24(31)15-30-13-3-4-19-20(5-2-6-22(19)30)29-25(32)16-7-10-18(27)11-8-16/h2,5-12,14H,3-4,13,15H2,1H3,(H,28,31)(H,29,32). The van der Waals surface area contributed by atoms with Crippen molar-refractivity contribution >= 4 is 40.5 Å². The molecule has 1 aliphatic rings. The van der Waals surface area contributed by atoms with E-state index < -0.39 is 5.82 Å². The summed E-state index contributed by atoms with van der Waals surface area (Å²) in [5.74, 6) is -0.388. The van der Waals surface area contributed by atoms with E-state index >= 15 is 0 Å². The Kier molecular flexibility index (Phi) is 6.79. The minimum absolute atomic E-state index is 0.137. The Morgan fingerprint density at radius 1 is 1.06 bits per heavy atom. The lowest BCUT2D eigenvalue weighted by molar-refractivity contribution is -0.115. The highest BCUT2D eigenvalue weighted by atomic mass is 35.5. The highest BCUT2D eigenvalue weighted by molar-refractivity contribution is 6.31. The van der Waals surface area contributed by atoms with Gasteiger partial charge < -0.3 is 20.3 Å². The summed E-state index contributed by atoms with van der Waals surface area (Å²) in [6.07, 6.45) is 1.61. The molecular formula is C25H23ClFN3O3.